The normalized spacial score (nSPS) is 10.2. The van der Waals surface area contributed by atoms with Crippen LogP contribution in [0.4, 0.5) is 8.78 Å². The molecule has 1 aromatic carbocycles. The van der Waals surface area contributed by atoms with Crippen molar-refractivity contribution in [3.05, 3.63) is 33.8 Å². The molecule has 0 N–H and O–H groups in total. The summed E-state index contributed by atoms with van der Waals surface area (Å²) in [4.78, 5) is 11.1. The molecule has 0 aliphatic rings. The maximum Gasteiger partial charge on any atom is 0.176 e. The lowest BCUT2D eigenvalue weighted by Gasteiger charge is -2.01. The maximum absolute atomic E-state index is 13.0. The minimum Gasteiger partial charge on any atom is -0.293 e. The van der Waals surface area contributed by atoms with Crippen LogP contribution in [0.2, 0.25) is 0 Å². The summed E-state index contributed by atoms with van der Waals surface area (Å²) in [5.41, 5.74) is -0.247. The molecule has 0 amide bonds. The molecule has 0 aliphatic carbocycles. The quantitative estimate of drug-likeness (QED) is 0.465. The van der Waals surface area contributed by atoms with Crippen molar-refractivity contribution in [3.8, 4) is 0 Å². The smallest absolute Gasteiger partial charge is 0.176 e. The first-order chi connectivity index (χ1) is 6.06. The van der Waals surface area contributed by atoms with E-state index in [1.165, 1.54) is 6.07 Å². The molecule has 0 spiro atoms. The van der Waals surface area contributed by atoms with Crippen LogP contribution in [0.25, 0.3) is 0 Å². The van der Waals surface area contributed by atoms with Gasteiger partial charge in [-0.15, -0.1) is 0 Å². The van der Waals surface area contributed by atoms with Gasteiger partial charge in [-0.3, -0.25) is 4.79 Å². The second-order valence-electron chi connectivity index (χ2n) is 2.31. The van der Waals surface area contributed by atoms with Crippen LogP contribution in [0, 0.1) is 11.6 Å². The fraction of sp³-hybridized carbons (Fsp3) is 0.125. The highest BCUT2D eigenvalue weighted by molar-refractivity contribution is 9.10. The maximum atomic E-state index is 13.0. The summed E-state index contributed by atoms with van der Waals surface area (Å²) in [6, 6.07) is 2.22. The number of rotatable bonds is 2. The fourth-order valence-electron chi connectivity index (χ4n) is 0.831. The summed E-state index contributed by atoms with van der Waals surface area (Å²) in [6.45, 7) is 0. The Balaban J connectivity index is 3.28. The van der Waals surface area contributed by atoms with E-state index in [1.54, 1.807) is 0 Å². The number of carbonyl (C=O) groups excluding carboxylic acids is 1. The fourth-order valence-corrected chi connectivity index (χ4v) is 1.56. The Labute approximate surface area is 90.4 Å². The van der Waals surface area contributed by atoms with Crippen LogP contribution in [0.5, 0.6) is 0 Å². The molecule has 0 bridgehead atoms. The van der Waals surface area contributed by atoms with Crippen molar-refractivity contribution < 1.29 is 13.6 Å². The minimum absolute atomic E-state index is 0.0280. The van der Waals surface area contributed by atoms with E-state index in [2.05, 4.69) is 31.9 Å². The van der Waals surface area contributed by atoms with Crippen LogP contribution in [-0.2, 0) is 0 Å². The number of hydrogen-bond acceptors (Lipinski definition) is 1. The topological polar surface area (TPSA) is 17.1 Å². The number of benzene rings is 1. The van der Waals surface area contributed by atoms with Crippen LogP contribution in [0.15, 0.2) is 16.6 Å². The first kappa shape index (κ1) is 10.8. The van der Waals surface area contributed by atoms with Gasteiger partial charge >= 0.3 is 0 Å². The van der Waals surface area contributed by atoms with Crippen molar-refractivity contribution in [2.24, 2.45) is 0 Å². The first-order valence-electron chi connectivity index (χ1n) is 3.30. The monoisotopic (exact) mass is 312 g/mol. The summed E-state index contributed by atoms with van der Waals surface area (Å²) in [5.74, 6) is -2.62. The lowest BCUT2D eigenvalue weighted by molar-refractivity contribution is 0.101. The summed E-state index contributed by atoms with van der Waals surface area (Å²) < 4.78 is 26.1. The lowest BCUT2D eigenvalue weighted by Crippen LogP contribution is -2.05. The van der Waals surface area contributed by atoms with Crippen molar-refractivity contribution in [2.45, 2.75) is 0 Å². The van der Waals surface area contributed by atoms with E-state index >= 15 is 0 Å². The summed E-state index contributed by atoms with van der Waals surface area (Å²) in [5, 5.41) is -0.0280. The van der Waals surface area contributed by atoms with E-state index in [0.717, 1.165) is 6.07 Å². The molecular formula is C8H4Br2F2O. The van der Waals surface area contributed by atoms with Crippen LogP contribution in [-0.4, -0.2) is 11.1 Å². The van der Waals surface area contributed by atoms with Crippen LogP contribution < -0.4 is 0 Å². The standard InChI is InChI=1S/C8H4Br2F2O/c9-3-7(13)5-1-4(10)2-6(11)8(5)12/h1-2H,3H2. The number of ketones is 1. The van der Waals surface area contributed by atoms with Crippen molar-refractivity contribution in [2.75, 3.05) is 5.33 Å². The molecule has 0 unspecified atom stereocenters. The van der Waals surface area contributed by atoms with Gasteiger partial charge in [-0.1, -0.05) is 31.9 Å². The number of alkyl halides is 1. The van der Waals surface area contributed by atoms with E-state index in [1.807, 2.05) is 0 Å². The van der Waals surface area contributed by atoms with Gasteiger partial charge in [0.2, 0.25) is 0 Å². The summed E-state index contributed by atoms with van der Waals surface area (Å²) in [7, 11) is 0. The highest BCUT2D eigenvalue weighted by Crippen LogP contribution is 2.20. The molecule has 0 fully saturated rings. The third-order valence-corrected chi connectivity index (χ3v) is 2.38. The highest BCUT2D eigenvalue weighted by atomic mass is 79.9. The summed E-state index contributed by atoms with van der Waals surface area (Å²) in [6.07, 6.45) is 0. The molecule has 1 nitrogen and oxygen atoms in total. The Morgan fingerprint density at radius 1 is 1.38 bits per heavy atom. The molecule has 1 aromatic rings. The zero-order valence-electron chi connectivity index (χ0n) is 6.28. The van der Waals surface area contributed by atoms with Gasteiger partial charge in [0.1, 0.15) is 0 Å². The van der Waals surface area contributed by atoms with Crippen molar-refractivity contribution in [1.82, 2.24) is 0 Å². The van der Waals surface area contributed by atoms with E-state index < -0.39 is 17.4 Å². The van der Waals surface area contributed by atoms with Gasteiger partial charge in [0.25, 0.3) is 0 Å². The predicted molar refractivity (Wildman–Crippen MR) is 52.2 cm³/mol. The molecule has 0 saturated carbocycles. The third-order valence-electron chi connectivity index (χ3n) is 1.41. The Bertz CT molecular complexity index is 352. The van der Waals surface area contributed by atoms with Gasteiger partial charge in [-0.25, -0.2) is 8.78 Å². The van der Waals surface area contributed by atoms with Crippen LogP contribution >= 0.6 is 31.9 Å². The molecule has 0 heterocycles. The van der Waals surface area contributed by atoms with E-state index in [0.29, 0.717) is 4.47 Å². The van der Waals surface area contributed by atoms with Crippen molar-refractivity contribution in [1.29, 1.82) is 0 Å². The van der Waals surface area contributed by atoms with Gasteiger partial charge in [-0.2, -0.15) is 0 Å². The Hall–Kier alpha value is -0.290. The van der Waals surface area contributed by atoms with Crippen LogP contribution in [0.1, 0.15) is 10.4 Å². The molecule has 5 heteroatoms. The van der Waals surface area contributed by atoms with E-state index in [-0.39, 0.29) is 10.9 Å². The van der Waals surface area contributed by atoms with Crippen LogP contribution in [0.3, 0.4) is 0 Å². The van der Waals surface area contributed by atoms with Crippen molar-refractivity contribution in [3.63, 3.8) is 0 Å². The minimum atomic E-state index is -1.10. The van der Waals surface area contributed by atoms with Gasteiger partial charge in [-0.05, 0) is 12.1 Å². The second-order valence-corrected chi connectivity index (χ2v) is 3.78. The van der Waals surface area contributed by atoms with Gasteiger partial charge in [0.15, 0.2) is 17.4 Å². The zero-order chi connectivity index (χ0) is 10.0. The average Bonchev–Trinajstić information content (AvgIpc) is 2.10. The van der Waals surface area contributed by atoms with E-state index in [4.69, 9.17) is 0 Å². The Morgan fingerprint density at radius 2 is 2.00 bits per heavy atom. The number of halogens is 4. The van der Waals surface area contributed by atoms with Crippen molar-refractivity contribution >= 4 is 37.6 Å². The molecule has 0 saturated heterocycles. The molecule has 70 valence electrons. The predicted octanol–water partition coefficient (Wildman–Crippen LogP) is 3.30. The zero-order valence-corrected chi connectivity index (χ0v) is 9.45. The highest BCUT2D eigenvalue weighted by Gasteiger charge is 2.15. The largest absolute Gasteiger partial charge is 0.293 e. The lowest BCUT2D eigenvalue weighted by atomic mass is 10.1. The molecule has 0 aliphatic heterocycles. The SMILES string of the molecule is O=C(CBr)c1cc(Br)cc(F)c1F. The van der Waals surface area contributed by atoms with Gasteiger partial charge in [0, 0.05) is 4.47 Å². The number of hydrogen-bond donors (Lipinski definition) is 0. The second kappa shape index (κ2) is 4.28. The van der Waals surface area contributed by atoms with Gasteiger partial charge < -0.3 is 0 Å². The molecular weight excluding hydrogens is 310 g/mol. The summed E-state index contributed by atoms with van der Waals surface area (Å²) >= 11 is 5.85. The van der Waals surface area contributed by atoms with E-state index in [9.17, 15) is 13.6 Å². The molecule has 0 aromatic heterocycles. The molecule has 1 rings (SSSR count). The third kappa shape index (κ3) is 2.34. The first-order valence-corrected chi connectivity index (χ1v) is 5.21. The van der Waals surface area contributed by atoms with Gasteiger partial charge in [0.05, 0.1) is 10.9 Å². The Kier molecular flexibility index (Phi) is 3.55. The number of carbonyl (C=O) groups is 1. The Morgan fingerprint density at radius 3 is 2.54 bits per heavy atom. The average molecular weight is 314 g/mol. The number of Topliss-reactive ketones (excluding diaryl/α,β-unsaturated/α-hetero) is 1. The molecule has 13 heavy (non-hydrogen) atoms. The molecule has 0 radical (unpaired) electrons. The molecule has 0 atom stereocenters.